The van der Waals surface area contributed by atoms with E-state index >= 15 is 0 Å². The molecular weight excluding hydrogens is 236 g/mol. The van der Waals surface area contributed by atoms with Crippen molar-refractivity contribution in [2.45, 2.75) is 6.54 Å². The van der Waals surface area contributed by atoms with Crippen molar-refractivity contribution in [1.82, 2.24) is 25.2 Å². The van der Waals surface area contributed by atoms with E-state index in [1.54, 1.807) is 18.4 Å². The van der Waals surface area contributed by atoms with Crippen molar-refractivity contribution in [3.63, 3.8) is 0 Å². The Balaban J connectivity index is 1.76. The number of nitrogens with one attached hydrogen (secondary N) is 1. The van der Waals surface area contributed by atoms with Gasteiger partial charge >= 0.3 is 0 Å². The minimum atomic E-state index is 0.568. The summed E-state index contributed by atoms with van der Waals surface area (Å²) >= 11 is 1.63. The van der Waals surface area contributed by atoms with Gasteiger partial charge in [0.25, 0.3) is 0 Å². The topological polar surface area (TPSA) is 68.5 Å². The molecule has 0 bridgehead atoms. The van der Waals surface area contributed by atoms with Crippen LogP contribution < -0.4 is 5.32 Å². The molecule has 3 rings (SSSR count). The molecule has 7 heteroatoms. The van der Waals surface area contributed by atoms with Gasteiger partial charge in [-0.15, -0.1) is 21.5 Å². The third-order valence-electron chi connectivity index (χ3n) is 2.33. The Labute approximate surface area is 101 Å². The summed E-state index contributed by atoms with van der Waals surface area (Å²) in [7, 11) is 1.75. The van der Waals surface area contributed by atoms with Crippen molar-refractivity contribution in [3.8, 4) is 0 Å². The molecule has 0 radical (unpaired) electrons. The first-order valence-corrected chi connectivity index (χ1v) is 5.99. The van der Waals surface area contributed by atoms with Gasteiger partial charge in [-0.2, -0.15) is 4.80 Å². The Morgan fingerprint density at radius 3 is 3.18 bits per heavy atom. The first kappa shape index (κ1) is 10.2. The Bertz CT molecular complexity index is 643. The average Bonchev–Trinajstić information content (AvgIpc) is 2.94. The number of fused-ring (bicyclic) bond motifs is 1. The maximum atomic E-state index is 4.23. The predicted molar refractivity (Wildman–Crippen MR) is 65.7 cm³/mol. The van der Waals surface area contributed by atoms with Gasteiger partial charge in [0.05, 0.1) is 29.3 Å². The molecule has 0 aliphatic rings. The number of nitrogens with zero attached hydrogens (tertiary/aromatic N) is 5. The van der Waals surface area contributed by atoms with Crippen LogP contribution in [-0.2, 0) is 13.6 Å². The molecule has 0 amide bonds. The number of hydrogen-bond donors (Lipinski definition) is 1. The number of thiazole rings is 1. The highest BCUT2D eigenvalue weighted by Crippen LogP contribution is 2.21. The summed E-state index contributed by atoms with van der Waals surface area (Å²) in [4.78, 5) is 5.68. The molecule has 86 valence electrons. The van der Waals surface area contributed by atoms with Crippen LogP contribution in [0.2, 0.25) is 0 Å². The van der Waals surface area contributed by atoms with Crippen molar-refractivity contribution in [3.05, 3.63) is 29.5 Å². The summed E-state index contributed by atoms with van der Waals surface area (Å²) in [5.41, 5.74) is 3.91. The molecule has 0 aliphatic carbocycles. The first-order valence-electron chi connectivity index (χ1n) is 5.11. The molecule has 3 aromatic rings. The lowest BCUT2D eigenvalue weighted by Gasteiger charge is -2.02. The Kier molecular flexibility index (Phi) is 2.45. The molecule has 0 atom stereocenters. The monoisotopic (exact) mass is 246 g/mol. The van der Waals surface area contributed by atoms with E-state index in [0.717, 1.165) is 11.2 Å². The molecule has 0 unspecified atom stereocenters. The lowest BCUT2D eigenvalue weighted by atomic mass is 10.3. The van der Waals surface area contributed by atoms with Crippen molar-refractivity contribution in [1.29, 1.82) is 0 Å². The third-order valence-corrected chi connectivity index (χ3v) is 3.12. The molecule has 6 nitrogen and oxygen atoms in total. The molecule has 0 saturated carbocycles. The van der Waals surface area contributed by atoms with Gasteiger partial charge in [0, 0.05) is 5.69 Å². The number of tetrazole rings is 1. The number of aromatic nitrogens is 5. The second-order valence-electron chi connectivity index (χ2n) is 3.58. The van der Waals surface area contributed by atoms with Gasteiger partial charge in [-0.05, 0) is 23.4 Å². The summed E-state index contributed by atoms with van der Waals surface area (Å²) in [6.45, 7) is 0.568. The largest absolute Gasteiger partial charge is 0.378 e. The highest BCUT2D eigenvalue weighted by Gasteiger charge is 2.01. The van der Waals surface area contributed by atoms with E-state index < -0.39 is 0 Å². The van der Waals surface area contributed by atoms with Crippen molar-refractivity contribution >= 4 is 27.2 Å². The number of anilines is 1. The second-order valence-corrected chi connectivity index (χ2v) is 4.47. The van der Waals surface area contributed by atoms with Gasteiger partial charge in [-0.3, -0.25) is 0 Å². The van der Waals surface area contributed by atoms with E-state index in [0.29, 0.717) is 12.4 Å². The van der Waals surface area contributed by atoms with E-state index in [2.05, 4.69) is 31.8 Å². The lowest BCUT2D eigenvalue weighted by molar-refractivity contribution is 0.628. The molecular formula is C10H10N6S. The molecule has 0 aliphatic heterocycles. The molecule has 0 spiro atoms. The van der Waals surface area contributed by atoms with E-state index in [1.165, 1.54) is 9.50 Å². The molecule has 0 saturated heterocycles. The summed E-state index contributed by atoms with van der Waals surface area (Å²) in [5.74, 6) is 0.678. The summed E-state index contributed by atoms with van der Waals surface area (Å²) < 4.78 is 1.17. The van der Waals surface area contributed by atoms with Crippen LogP contribution in [0.15, 0.2) is 23.7 Å². The smallest absolute Gasteiger partial charge is 0.193 e. The molecule has 1 N–H and O–H groups in total. The van der Waals surface area contributed by atoms with Gasteiger partial charge in [0.2, 0.25) is 0 Å². The Morgan fingerprint density at radius 1 is 1.41 bits per heavy atom. The van der Waals surface area contributed by atoms with E-state index in [9.17, 15) is 0 Å². The zero-order valence-electron chi connectivity index (χ0n) is 9.16. The fraction of sp³-hybridized carbons (Fsp3) is 0.200. The molecule has 2 aromatic heterocycles. The summed E-state index contributed by atoms with van der Waals surface area (Å²) in [6, 6.07) is 6.07. The van der Waals surface area contributed by atoms with Gasteiger partial charge < -0.3 is 5.32 Å². The van der Waals surface area contributed by atoms with Crippen LogP contribution in [0, 0.1) is 0 Å². The van der Waals surface area contributed by atoms with Crippen LogP contribution in [-0.4, -0.2) is 25.2 Å². The minimum Gasteiger partial charge on any atom is -0.378 e. The fourth-order valence-electron chi connectivity index (χ4n) is 1.54. The van der Waals surface area contributed by atoms with Crippen LogP contribution in [0.25, 0.3) is 10.2 Å². The van der Waals surface area contributed by atoms with Crippen LogP contribution in [0.5, 0.6) is 0 Å². The first-order chi connectivity index (χ1) is 8.31. The van der Waals surface area contributed by atoms with Gasteiger partial charge in [0.1, 0.15) is 0 Å². The molecule has 17 heavy (non-hydrogen) atoms. The zero-order valence-corrected chi connectivity index (χ0v) is 9.98. The highest BCUT2D eigenvalue weighted by atomic mass is 32.1. The molecule has 2 heterocycles. The Morgan fingerprint density at radius 2 is 2.35 bits per heavy atom. The van der Waals surface area contributed by atoms with E-state index in [-0.39, 0.29) is 0 Å². The fourth-order valence-corrected chi connectivity index (χ4v) is 2.26. The maximum Gasteiger partial charge on any atom is 0.193 e. The van der Waals surface area contributed by atoms with E-state index in [4.69, 9.17) is 0 Å². The van der Waals surface area contributed by atoms with Crippen LogP contribution in [0.3, 0.4) is 0 Å². The van der Waals surface area contributed by atoms with E-state index in [1.807, 2.05) is 17.6 Å². The number of benzene rings is 1. The Hall–Kier alpha value is -2.02. The molecule has 1 aromatic carbocycles. The van der Waals surface area contributed by atoms with Gasteiger partial charge in [0.15, 0.2) is 5.82 Å². The minimum absolute atomic E-state index is 0.568. The van der Waals surface area contributed by atoms with Crippen LogP contribution in [0.4, 0.5) is 5.69 Å². The lowest BCUT2D eigenvalue weighted by Crippen LogP contribution is -2.02. The van der Waals surface area contributed by atoms with Crippen LogP contribution in [0.1, 0.15) is 5.82 Å². The predicted octanol–water partition coefficient (Wildman–Crippen LogP) is 1.43. The normalized spacial score (nSPS) is 10.9. The third kappa shape index (κ3) is 2.09. The molecule has 0 fully saturated rings. The maximum absolute atomic E-state index is 4.23. The summed E-state index contributed by atoms with van der Waals surface area (Å²) in [6.07, 6.45) is 0. The van der Waals surface area contributed by atoms with Crippen LogP contribution >= 0.6 is 11.3 Å². The van der Waals surface area contributed by atoms with Crippen molar-refractivity contribution in [2.75, 3.05) is 5.32 Å². The summed E-state index contributed by atoms with van der Waals surface area (Å²) in [5, 5.41) is 15.0. The average molecular weight is 246 g/mol. The standard InChI is InChI=1S/C10H10N6S/c1-16-14-10(13-15-16)5-11-7-2-3-8-9(4-7)17-6-12-8/h2-4,6,11H,5H2,1H3. The number of aryl methyl sites for hydroxylation is 1. The highest BCUT2D eigenvalue weighted by molar-refractivity contribution is 7.16. The number of rotatable bonds is 3. The number of hydrogen-bond acceptors (Lipinski definition) is 6. The van der Waals surface area contributed by atoms with Crippen molar-refractivity contribution in [2.24, 2.45) is 7.05 Å². The zero-order chi connectivity index (χ0) is 11.7. The van der Waals surface area contributed by atoms with Crippen molar-refractivity contribution < 1.29 is 0 Å². The quantitative estimate of drug-likeness (QED) is 0.757. The second kappa shape index (κ2) is 4.10. The van der Waals surface area contributed by atoms with Gasteiger partial charge in [-0.25, -0.2) is 4.98 Å². The van der Waals surface area contributed by atoms with Gasteiger partial charge in [-0.1, -0.05) is 0 Å². The SMILES string of the molecule is Cn1nnc(CNc2ccc3ncsc3c2)n1.